The fourth-order valence-corrected chi connectivity index (χ4v) is 4.84. The van der Waals surface area contributed by atoms with Gasteiger partial charge in [-0.1, -0.05) is 0 Å². The van der Waals surface area contributed by atoms with Gasteiger partial charge in [-0.05, 0) is 57.3 Å². The topological polar surface area (TPSA) is 125 Å². The molecule has 2 bridgehead atoms. The summed E-state index contributed by atoms with van der Waals surface area (Å²) in [5, 5.41) is -5.10. The van der Waals surface area contributed by atoms with E-state index < -0.39 is 51.4 Å². The summed E-state index contributed by atoms with van der Waals surface area (Å²) in [6, 6.07) is 3.36. The molecule has 3 aliphatic rings. The maximum Gasteiger partial charge on any atom is 0.465 e. The van der Waals surface area contributed by atoms with Crippen LogP contribution in [0, 0.1) is 7.14 Å². The van der Waals surface area contributed by atoms with Crippen LogP contribution in [0.4, 0.5) is 8.78 Å². The molecule has 1 spiro atoms. The Kier molecular flexibility index (Phi) is 5.03. The molecule has 9 nitrogen and oxygen atoms in total. The summed E-state index contributed by atoms with van der Waals surface area (Å²) in [6.07, 6.45) is -3.37. The zero-order valence-corrected chi connectivity index (χ0v) is 19.1. The molecule has 1 aromatic rings. The Morgan fingerprint density at radius 2 is 2.00 bits per heavy atom. The summed E-state index contributed by atoms with van der Waals surface area (Å²) < 4.78 is 79.6. The number of halogens is 4. The maximum atomic E-state index is 13.4. The van der Waals surface area contributed by atoms with Crippen molar-refractivity contribution < 1.29 is 50.3 Å². The predicted molar refractivity (Wildman–Crippen MR) is 105 cm³/mol. The minimum Gasteiger partial charge on any atom is -0.454 e. The summed E-state index contributed by atoms with van der Waals surface area (Å²) in [6.45, 7) is 0. The van der Waals surface area contributed by atoms with E-state index in [0.717, 1.165) is 3.57 Å². The fraction of sp³-hybridized carbons (Fsp3) is 0.467. The SMILES string of the molecule is O=C1OC2(CC3OC2CC3OC(=O)C(F)(F)S(=O)(=O)O)Oc2ccc(I)c(I)c21. The van der Waals surface area contributed by atoms with E-state index in [1.807, 2.05) is 22.6 Å². The van der Waals surface area contributed by atoms with Gasteiger partial charge in [-0.3, -0.25) is 4.55 Å². The van der Waals surface area contributed by atoms with Gasteiger partial charge in [0, 0.05) is 13.6 Å². The highest BCUT2D eigenvalue weighted by molar-refractivity contribution is 14.1. The Morgan fingerprint density at radius 3 is 2.59 bits per heavy atom. The lowest BCUT2D eigenvalue weighted by Gasteiger charge is -2.39. The first kappa shape index (κ1) is 21.4. The molecule has 2 fully saturated rings. The van der Waals surface area contributed by atoms with E-state index >= 15 is 0 Å². The van der Waals surface area contributed by atoms with Gasteiger partial charge < -0.3 is 18.9 Å². The molecule has 14 heteroatoms. The van der Waals surface area contributed by atoms with Crippen molar-refractivity contribution in [2.24, 2.45) is 0 Å². The zero-order chi connectivity index (χ0) is 21.4. The second-order valence-electron chi connectivity index (χ2n) is 6.58. The van der Waals surface area contributed by atoms with Crippen LogP contribution in [0.25, 0.3) is 0 Å². The van der Waals surface area contributed by atoms with Crippen molar-refractivity contribution in [3.63, 3.8) is 0 Å². The van der Waals surface area contributed by atoms with Crippen molar-refractivity contribution >= 4 is 67.2 Å². The van der Waals surface area contributed by atoms with E-state index in [9.17, 15) is 26.8 Å². The normalized spacial score (nSPS) is 30.7. The van der Waals surface area contributed by atoms with Gasteiger partial charge in [0.05, 0.1) is 6.42 Å². The van der Waals surface area contributed by atoms with Gasteiger partial charge in [-0.2, -0.15) is 17.2 Å². The van der Waals surface area contributed by atoms with Crippen LogP contribution in [0.5, 0.6) is 5.75 Å². The summed E-state index contributed by atoms with van der Waals surface area (Å²) in [5.41, 5.74) is 0.265. The van der Waals surface area contributed by atoms with Gasteiger partial charge in [0.1, 0.15) is 29.6 Å². The lowest BCUT2D eigenvalue weighted by Crippen LogP contribution is -2.54. The predicted octanol–water partition coefficient (Wildman–Crippen LogP) is 2.09. The third kappa shape index (κ3) is 3.30. The van der Waals surface area contributed by atoms with Crippen LogP contribution in [0.15, 0.2) is 12.1 Å². The molecule has 3 heterocycles. The largest absolute Gasteiger partial charge is 0.465 e. The molecule has 3 aliphatic heterocycles. The van der Waals surface area contributed by atoms with E-state index in [-0.39, 0.29) is 24.2 Å². The molecular formula is C15H10F2I2O9S. The molecule has 0 radical (unpaired) electrons. The van der Waals surface area contributed by atoms with Gasteiger partial charge in [0.2, 0.25) is 0 Å². The molecule has 29 heavy (non-hydrogen) atoms. The molecule has 1 aromatic carbocycles. The molecule has 0 aromatic heterocycles. The van der Waals surface area contributed by atoms with Crippen molar-refractivity contribution in [1.82, 2.24) is 0 Å². The van der Waals surface area contributed by atoms with Gasteiger partial charge in [0.25, 0.3) is 5.79 Å². The number of fused-ring (bicyclic) bond motifs is 4. The minimum atomic E-state index is -5.98. The maximum absolute atomic E-state index is 13.4. The molecule has 0 amide bonds. The van der Waals surface area contributed by atoms with Gasteiger partial charge in [-0.25, -0.2) is 9.59 Å². The van der Waals surface area contributed by atoms with Gasteiger partial charge in [-0.15, -0.1) is 0 Å². The molecule has 2 saturated heterocycles. The number of carbonyl (C=O) groups is 2. The van der Waals surface area contributed by atoms with E-state index in [2.05, 4.69) is 27.3 Å². The average molecular weight is 658 g/mol. The van der Waals surface area contributed by atoms with Crippen molar-refractivity contribution in [3.8, 4) is 5.75 Å². The molecule has 158 valence electrons. The van der Waals surface area contributed by atoms with E-state index in [4.69, 9.17) is 18.8 Å². The van der Waals surface area contributed by atoms with Gasteiger partial charge >= 0.3 is 27.3 Å². The number of ether oxygens (including phenoxy) is 4. The number of alkyl halides is 2. The Bertz CT molecular complexity index is 1030. The van der Waals surface area contributed by atoms with Crippen molar-refractivity contribution in [2.45, 2.75) is 42.2 Å². The summed E-state index contributed by atoms with van der Waals surface area (Å²) in [5.74, 6) is -4.25. The highest BCUT2D eigenvalue weighted by Gasteiger charge is 2.65. The van der Waals surface area contributed by atoms with Crippen molar-refractivity contribution in [2.75, 3.05) is 0 Å². The van der Waals surface area contributed by atoms with E-state index in [0.29, 0.717) is 3.57 Å². The van der Waals surface area contributed by atoms with Crippen molar-refractivity contribution in [3.05, 3.63) is 24.8 Å². The Labute approximate surface area is 189 Å². The highest BCUT2D eigenvalue weighted by atomic mass is 127. The quantitative estimate of drug-likeness (QED) is 0.296. The Hall–Kier alpha value is -0.850. The van der Waals surface area contributed by atoms with Crippen LogP contribution in [0.2, 0.25) is 0 Å². The van der Waals surface area contributed by atoms with E-state index in [1.165, 1.54) is 0 Å². The van der Waals surface area contributed by atoms with Crippen LogP contribution in [-0.4, -0.2) is 54.3 Å². The third-order valence-corrected chi connectivity index (χ3v) is 8.67. The summed E-state index contributed by atoms with van der Waals surface area (Å²) >= 11 is 4.05. The average Bonchev–Trinajstić information content (AvgIpc) is 3.14. The lowest BCUT2D eigenvalue weighted by atomic mass is 9.90. The first-order chi connectivity index (χ1) is 13.4. The lowest BCUT2D eigenvalue weighted by molar-refractivity contribution is -0.192. The van der Waals surface area contributed by atoms with Crippen LogP contribution in [-0.2, 0) is 29.1 Å². The van der Waals surface area contributed by atoms with Crippen LogP contribution in [0.3, 0.4) is 0 Å². The van der Waals surface area contributed by atoms with Crippen LogP contribution >= 0.6 is 45.2 Å². The number of benzene rings is 1. The molecular weight excluding hydrogens is 648 g/mol. The van der Waals surface area contributed by atoms with E-state index in [1.54, 1.807) is 12.1 Å². The number of hydrogen-bond acceptors (Lipinski definition) is 8. The molecule has 1 N–H and O–H groups in total. The van der Waals surface area contributed by atoms with Crippen LogP contribution in [0.1, 0.15) is 23.2 Å². The standard InChI is InChI=1S/C15H10F2I2O9S/c16-15(17,29(22,23)24)13(21)26-7-3-9-14(4-8(7)25-9)27-6-2-1-5(18)11(19)10(6)12(20)28-14/h1-2,7-9H,3-4H2,(H,22,23,24). The number of rotatable bonds is 3. The Morgan fingerprint density at radius 1 is 1.31 bits per heavy atom. The molecule has 4 unspecified atom stereocenters. The molecule has 0 aliphatic carbocycles. The Balaban J connectivity index is 1.52. The molecule has 0 saturated carbocycles. The number of carbonyl (C=O) groups excluding carboxylic acids is 2. The van der Waals surface area contributed by atoms with Gasteiger partial charge in [0.15, 0.2) is 0 Å². The first-order valence-electron chi connectivity index (χ1n) is 7.97. The third-order valence-electron chi connectivity index (χ3n) is 4.81. The smallest absolute Gasteiger partial charge is 0.454 e. The second-order valence-corrected chi connectivity index (χ2v) is 10.3. The molecule has 4 atom stereocenters. The van der Waals surface area contributed by atoms with Crippen molar-refractivity contribution in [1.29, 1.82) is 0 Å². The summed E-state index contributed by atoms with van der Waals surface area (Å²) in [7, 11) is -5.98. The number of hydrogen-bond donors (Lipinski definition) is 1. The second kappa shape index (κ2) is 6.83. The minimum absolute atomic E-state index is 0.110. The zero-order valence-electron chi connectivity index (χ0n) is 13.9. The molecule has 4 rings (SSSR count). The monoisotopic (exact) mass is 658 g/mol. The first-order valence-corrected chi connectivity index (χ1v) is 11.6. The number of esters is 2. The fourth-order valence-electron chi connectivity index (χ4n) is 3.46. The summed E-state index contributed by atoms with van der Waals surface area (Å²) in [4.78, 5) is 24.1. The van der Waals surface area contributed by atoms with Crippen LogP contribution < -0.4 is 4.74 Å². The highest BCUT2D eigenvalue weighted by Crippen LogP contribution is 2.50.